The third kappa shape index (κ3) is 4.84. The number of amides is 1. The Morgan fingerprint density at radius 2 is 1.72 bits per heavy atom. The molecule has 0 spiro atoms. The van der Waals surface area contributed by atoms with Gasteiger partial charge in [-0.25, -0.2) is 4.98 Å². The van der Waals surface area contributed by atoms with Gasteiger partial charge in [0, 0.05) is 17.8 Å². The molecule has 2 aromatic carbocycles. The van der Waals surface area contributed by atoms with E-state index in [-0.39, 0.29) is 11.9 Å². The topological polar surface area (TPSA) is 81.9 Å². The molecule has 144 valence electrons. The number of rotatable bonds is 7. The molecule has 2 aromatic heterocycles. The molecule has 1 atom stereocenters. The summed E-state index contributed by atoms with van der Waals surface area (Å²) in [5, 5.41) is 11.4. The lowest BCUT2D eigenvalue weighted by Crippen LogP contribution is -2.32. The Labute approximate surface area is 168 Å². The Balaban J connectivity index is 1.52. The van der Waals surface area contributed by atoms with Gasteiger partial charge in [-0.15, -0.1) is 0 Å². The van der Waals surface area contributed by atoms with E-state index >= 15 is 0 Å². The summed E-state index contributed by atoms with van der Waals surface area (Å²) in [5.74, 6) is 0.802. The number of hydrogen-bond acceptors (Lipinski definition) is 5. The second kappa shape index (κ2) is 8.79. The van der Waals surface area contributed by atoms with Gasteiger partial charge in [-0.05, 0) is 29.8 Å². The second-order valence-electron chi connectivity index (χ2n) is 6.32. The van der Waals surface area contributed by atoms with E-state index in [9.17, 15) is 4.79 Å². The maximum absolute atomic E-state index is 12.9. The minimum atomic E-state index is -0.281. The quantitative estimate of drug-likeness (QED) is 0.525. The molecule has 0 saturated heterocycles. The van der Waals surface area contributed by atoms with Crippen molar-refractivity contribution in [3.8, 4) is 11.6 Å². The van der Waals surface area contributed by atoms with Crippen molar-refractivity contribution in [3.05, 3.63) is 103 Å². The monoisotopic (exact) mass is 385 g/mol. The Morgan fingerprint density at radius 3 is 2.48 bits per heavy atom. The van der Waals surface area contributed by atoms with Gasteiger partial charge in [0.2, 0.25) is 5.88 Å². The van der Waals surface area contributed by atoms with E-state index in [2.05, 4.69) is 20.5 Å². The van der Waals surface area contributed by atoms with Crippen LogP contribution in [-0.4, -0.2) is 25.9 Å². The highest BCUT2D eigenvalue weighted by Gasteiger charge is 2.17. The van der Waals surface area contributed by atoms with E-state index in [0.717, 1.165) is 5.56 Å². The number of hydrogen-bond donors (Lipinski definition) is 1. The zero-order valence-corrected chi connectivity index (χ0v) is 15.6. The average molecular weight is 385 g/mol. The number of carbonyl (C=O) groups is 1. The van der Waals surface area contributed by atoms with Gasteiger partial charge in [-0.3, -0.25) is 4.79 Å². The largest absolute Gasteiger partial charge is 0.439 e. The van der Waals surface area contributed by atoms with E-state index in [1.54, 1.807) is 53.7 Å². The molecule has 1 amide bonds. The zero-order chi connectivity index (χ0) is 19.9. The van der Waals surface area contributed by atoms with E-state index < -0.39 is 0 Å². The van der Waals surface area contributed by atoms with Crippen molar-refractivity contribution in [2.75, 3.05) is 0 Å². The molecule has 1 N–H and O–H groups in total. The van der Waals surface area contributed by atoms with E-state index in [4.69, 9.17) is 4.74 Å². The summed E-state index contributed by atoms with van der Waals surface area (Å²) >= 11 is 0. The molecule has 0 radical (unpaired) electrons. The SMILES string of the molecule is O=C(NC(Cn1nccn1)c1ccccc1)c1cccc(Oc2ccccn2)c1. The average Bonchev–Trinajstić information content (AvgIpc) is 3.28. The van der Waals surface area contributed by atoms with Crippen molar-refractivity contribution in [3.63, 3.8) is 0 Å². The highest BCUT2D eigenvalue weighted by molar-refractivity contribution is 5.94. The van der Waals surface area contributed by atoms with Crippen LogP contribution in [0.3, 0.4) is 0 Å². The smallest absolute Gasteiger partial charge is 0.251 e. The van der Waals surface area contributed by atoms with Crippen LogP contribution < -0.4 is 10.1 Å². The maximum atomic E-state index is 12.9. The highest BCUT2D eigenvalue weighted by Crippen LogP contribution is 2.21. The van der Waals surface area contributed by atoms with Crippen molar-refractivity contribution < 1.29 is 9.53 Å². The standard InChI is InChI=1S/C22H19N5O2/c28-22(18-9-6-10-19(15-18)29-21-11-4-5-12-23-21)26-20(16-27-24-13-14-25-27)17-7-2-1-3-8-17/h1-15,20H,16H2,(H,26,28). The normalized spacial score (nSPS) is 11.6. The van der Waals surface area contributed by atoms with Crippen LogP contribution in [0, 0.1) is 0 Å². The summed E-state index contributed by atoms with van der Waals surface area (Å²) in [5.41, 5.74) is 1.46. The van der Waals surface area contributed by atoms with Gasteiger partial charge in [0.25, 0.3) is 5.91 Å². The predicted molar refractivity (Wildman–Crippen MR) is 107 cm³/mol. The van der Waals surface area contributed by atoms with Crippen LogP contribution in [0.2, 0.25) is 0 Å². The van der Waals surface area contributed by atoms with Crippen LogP contribution in [0.1, 0.15) is 22.0 Å². The Hall–Kier alpha value is -4.00. The highest BCUT2D eigenvalue weighted by atomic mass is 16.5. The summed E-state index contributed by atoms with van der Waals surface area (Å²) in [4.78, 5) is 18.6. The molecular weight excluding hydrogens is 366 g/mol. The predicted octanol–water partition coefficient (Wildman–Crippen LogP) is 3.64. The lowest BCUT2D eigenvalue weighted by molar-refractivity contribution is 0.0930. The molecule has 7 heteroatoms. The third-order valence-electron chi connectivity index (χ3n) is 4.28. The molecule has 0 bridgehead atoms. The molecule has 0 aliphatic heterocycles. The lowest BCUT2D eigenvalue weighted by Gasteiger charge is -2.19. The molecule has 0 saturated carbocycles. The summed E-state index contributed by atoms with van der Waals surface area (Å²) < 4.78 is 5.73. The second-order valence-corrected chi connectivity index (χ2v) is 6.32. The zero-order valence-electron chi connectivity index (χ0n) is 15.6. The van der Waals surface area contributed by atoms with Gasteiger partial charge in [-0.1, -0.05) is 42.5 Å². The number of nitrogens with one attached hydrogen (secondary N) is 1. The molecule has 4 rings (SSSR count). The summed E-state index contributed by atoms with van der Waals surface area (Å²) in [6, 6.07) is 21.9. The van der Waals surface area contributed by atoms with Crippen molar-refractivity contribution in [1.82, 2.24) is 25.3 Å². The van der Waals surface area contributed by atoms with Gasteiger partial charge in [0.05, 0.1) is 25.0 Å². The third-order valence-corrected chi connectivity index (χ3v) is 4.28. The van der Waals surface area contributed by atoms with Crippen LogP contribution >= 0.6 is 0 Å². The first kappa shape index (κ1) is 18.4. The number of nitrogens with zero attached hydrogens (tertiary/aromatic N) is 4. The van der Waals surface area contributed by atoms with Gasteiger partial charge in [-0.2, -0.15) is 15.0 Å². The van der Waals surface area contributed by atoms with Gasteiger partial charge >= 0.3 is 0 Å². The molecule has 2 heterocycles. The van der Waals surface area contributed by atoms with Crippen LogP contribution in [0.4, 0.5) is 0 Å². The minimum Gasteiger partial charge on any atom is -0.439 e. The van der Waals surface area contributed by atoms with Crippen molar-refractivity contribution in [2.24, 2.45) is 0 Å². The number of benzene rings is 2. The van der Waals surface area contributed by atoms with Crippen LogP contribution in [0.15, 0.2) is 91.4 Å². The van der Waals surface area contributed by atoms with Crippen LogP contribution in [-0.2, 0) is 6.54 Å². The van der Waals surface area contributed by atoms with E-state index in [0.29, 0.717) is 23.7 Å². The Kier molecular flexibility index (Phi) is 5.57. The van der Waals surface area contributed by atoms with Crippen molar-refractivity contribution >= 4 is 5.91 Å². The molecule has 1 unspecified atom stereocenters. The van der Waals surface area contributed by atoms with Gasteiger partial charge < -0.3 is 10.1 Å². The number of aromatic nitrogens is 4. The first-order valence-electron chi connectivity index (χ1n) is 9.17. The maximum Gasteiger partial charge on any atom is 0.251 e. The van der Waals surface area contributed by atoms with Crippen LogP contribution in [0.25, 0.3) is 0 Å². The first-order valence-corrected chi connectivity index (χ1v) is 9.17. The van der Waals surface area contributed by atoms with Crippen molar-refractivity contribution in [1.29, 1.82) is 0 Å². The minimum absolute atomic E-state index is 0.211. The molecule has 7 nitrogen and oxygen atoms in total. The molecule has 0 fully saturated rings. The van der Waals surface area contributed by atoms with Crippen LogP contribution in [0.5, 0.6) is 11.6 Å². The molecule has 4 aromatic rings. The lowest BCUT2D eigenvalue weighted by atomic mass is 10.1. The van der Waals surface area contributed by atoms with Gasteiger partial charge in [0.15, 0.2) is 0 Å². The first-order chi connectivity index (χ1) is 14.3. The van der Waals surface area contributed by atoms with Gasteiger partial charge in [0.1, 0.15) is 5.75 Å². The fraction of sp³-hybridized carbons (Fsp3) is 0.0909. The fourth-order valence-electron chi connectivity index (χ4n) is 2.89. The molecular formula is C22H19N5O2. The summed E-state index contributed by atoms with van der Waals surface area (Å²) in [6.45, 7) is 0.423. The number of pyridine rings is 1. The Morgan fingerprint density at radius 1 is 0.931 bits per heavy atom. The fourth-order valence-corrected chi connectivity index (χ4v) is 2.89. The number of carbonyl (C=O) groups excluding carboxylic acids is 1. The molecule has 29 heavy (non-hydrogen) atoms. The molecule has 0 aliphatic carbocycles. The molecule has 0 aliphatic rings. The van der Waals surface area contributed by atoms with E-state index in [1.165, 1.54) is 0 Å². The summed E-state index contributed by atoms with van der Waals surface area (Å²) in [7, 11) is 0. The Bertz CT molecular complexity index is 1050. The van der Waals surface area contributed by atoms with Crippen molar-refractivity contribution in [2.45, 2.75) is 12.6 Å². The van der Waals surface area contributed by atoms with E-state index in [1.807, 2.05) is 42.5 Å². The number of ether oxygens (including phenoxy) is 1. The summed E-state index contributed by atoms with van der Waals surface area (Å²) in [6.07, 6.45) is 4.88.